The highest BCUT2D eigenvalue weighted by atomic mass is 16.5. The number of carbonyl (C=O) groups is 2. The quantitative estimate of drug-likeness (QED) is 0.727. The first-order valence-corrected chi connectivity index (χ1v) is 9.09. The molecule has 1 aromatic carbocycles. The van der Waals surface area contributed by atoms with Gasteiger partial charge in [0.15, 0.2) is 0 Å². The van der Waals surface area contributed by atoms with Crippen LogP contribution >= 0.6 is 0 Å². The molecule has 1 heterocycles. The summed E-state index contributed by atoms with van der Waals surface area (Å²) in [4.78, 5) is 25.1. The molecule has 6 heteroatoms. The molecule has 0 saturated carbocycles. The topological polar surface area (TPSA) is 76.7 Å². The molecule has 0 spiro atoms. The van der Waals surface area contributed by atoms with Gasteiger partial charge >= 0.3 is 12.0 Å². The summed E-state index contributed by atoms with van der Waals surface area (Å²) in [6, 6.07) is 6.48. The smallest absolute Gasteiger partial charge is 0.338 e. The minimum absolute atomic E-state index is 0.0398. The fraction of sp³-hybridized carbons (Fsp3) is 0.500. The SMILES string of the molecule is CCCOc1ccccc1C1NC(=O)NC(C(C)C)=C1C(=O)OC(C)C. The van der Waals surface area contributed by atoms with E-state index in [1.807, 2.05) is 45.0 Å². The number of ether oxygens (including phenoxy) is 2. The van der Waals surface area contributed by atoms with E-state index >= 15 is 0 Å². The molecule has 0 saturated heterocycles. The van der Waals surface area contributed by atoms with Crippen LogP contribution in [-0.4, -0.2) is 24.7 Å². The van der Waals surface area contributed by atoms with Gasteiger partial charge in [0.05, 0.1) is 24.3 Å². The van der Waals surface area contributed by atoms with Crippen molar-refractivity contribution >= 4 is 12.0 Å². The second-order valence-electron chi connectivity index (χ2n) is 6.85. The van der Waals surface area contributed by atoms with Crippen molar-refractivity contribution in [2.75, 3.05) is 6.61 Å². The van der Waals surface area contributed by atoms with Gasteiger partial charge in [-0.3, -0.25) is 0 Å². The predicted octanol–water partition coefficient (Wildman–Crippen LogP) is 3.69. The summed E-state index contributed by atoms with van der Waals surface area (Å²) in [7, 11) is 0. The zero-order chi connectivity index (χ0) is 19.3. The Kier molecular flexibility index (Phi) is 6.66. The van der Waals surface area contributed by atoms with Gasteiger partial charge in [-0.15, -0.1) is 0 Å². The van der Waals surface area contributed by atoms with Crippen molar-refractivity contribution in [3.8, 4) is 5.75 Å². The summed E-state index contributed by atoms with van der Waals surface area (Å²) in [5.74, 6) is 0.174. The number of carbonyl (C=O) groups excluding carboxylic acids is 2. The Hall–Kier alpha value is -2.50. The molecule has 0 bridgehead atoms. The number of rotatable bonds is 7. The Bertz CT molecular complexity index is 695. The normalized spacial score (nSPS) is 17.2. The summed E-state index contributed by atoms with van der Waals surface area (Å²) >= 11 is 0. The zero-order valence-corrected chi connectivity index (χ0v) is 16.1. The van der Waals surface area contributed by atoms with Crippen molar-refractivity contribution in [1.29, 1.82) is 0 Å². The maximum atomic E-state index is 12.8. The monoisotopic (exact) mass is 360 g/mol. The number of allylic oxidation sites excluding steroid dienone is 1. The molecule has 26 heavy (non-hydrogen) atoms. The standard InChI is InChI=1S/C20H28N2O4/c1-6-11-25-15-10-8-7-9-14(15)18-16(19(23)26-13(4)5)17(12(2)3)21-20(24)22-18/h7-10,12-13,18H,6,11H2,1-5H3,(H2,21,22,24). The molecule has 0 aromatic heterocycles. The van der Waals surface area contributed by atoms with E-state index in [0.29, 0.717) is 23.6 Å². The van der Waals surface area contributed by atoms with E-state index < -0.39 is 12.0 Å². The number of urea groups is 1. The third-order valence-electron chi connectivity index (χ3n) is 3.93. The second kappa shape index (κ2) is 8.74. The van der Waals surface area contributed by atoms with Crippen molar-refractivity contribution in [2.24, 2.45) is 5.92 Å². The maximum Gasteiger partial charge on any atom is 0.338 e. The Balaban J connectivity index is 2.55. The number of hydrogen-bond acceptors (Lipinski definition) is 4. The molecule has 0 fully saturated rings. The van der Waals surface area contributed by atoms with E-state index in [-0.39, 0.29) is 18.1 Å². The summed E-state index contributed by atoms with van der Waals surface area (Å²) in [5, 5.41) is 5.62. The number of amides is 2. The van der Waals surface area contributed by atoms with Crippen LogP contribution in [0.25, 0.3) is 0 Å². The Morgan fingerprint density at radius 3 is 2.50 bits per heavy atom. The predicted molar refractivity (Wildman–Crippen MR) is 99.7 cm³/mol. The van der Waals surface area contributed by atoms with E-state index in [9.17, 15) is 9.59 Å². The minimum atomic E-state index is -0.625. The van der Waals surface area contributed by atoms with Gasteiger partial charge in [-0.1, -0.05) is 39.0 Å². The molecule has 1 atom stereocenters. The third kappa shape index (κ3) is 4.56. The molecule has 6 nitrogen and oxygen atoms in total. The molecule has 1 aliphatic heterocycles. The number of hydrogen-bond donors (Lipinski definition) is 2. The number of benzene rings is 1. The number of esters is 1. The van der Waals surface area contributed by atoms with Crippen molar-refractivity contribution in [2.45, 2.75) is 53.2 Å². The van der Waals surface area contributed by atoms with Gasteiger partial charge < -0.3 is 20.1 Å². The van der Waals surface area contributed by atoms with Crippen LogP contribution in [0.3, 0.4) is 0 Å². The Morgan fingerprint density at radius 1 is 1.19 bits per heavy atom. The third-order valence-corrected chi connectivity index (χ3v) is 3.93. The molecule has 2 amide bonds. The van der Waals surface area contributed by atoms with E-state index in [2.05, 4.69) is 10.6 Å². The van der Waals surface area contributed by atoms with E-state index in [1.54, 1.807) is 13.8 Å². The van der Waals surface area contributed by atoms with Crippen LogP contribution in [0.4, 0.5) is 4.79 Å². The first-order chi connectivity index (χ1) is 12.3. The lowest BCUT2D eigenvalue weighted by molar-refractivity contribution is -0.143. The molecule has 1 unspecified atom stereocenters. The first kappa shape index (κ1) is 19.8. The first-order valence-electron chi connectivity index (χ1n) is 9.09. The second-order valence-corrected chi connectivity index (χ2v) is 6.85. The average Bonchev–Trinajstić information content (AvgIpc) is 2.58. The molecular formula is C20H28N2O4. The van der Waals surface area contributed by atoms with E-state index in [4.69, 9.17) is 9.47 Å². The molecule has 142 valence electrons. The molecule has 0 radical (unpaired) electrons. The van der Waals surface area contributed by atoms with Gasteiger partial charge in [0.25, 0.3) is 0 Å². The van der Waals surface area contributed by atoms with Crippen molar-refractivity contribution < 1.29 is 19.1 Å². The minimum Gasteiger partial charge on any atom is -0.493 e. The molecule has 2 rings (SSSR count). The highest BCUT2D eigenvalue weighted by Gasteiger charge is 2.36. The lowest BCUT2D eigenvalue weighted by Gasteiger charge is -2.32. The van der Waals surface area contributed by atoms with Crippen molar-refractivity contribution in [3.05, 3.63) is 41.1 Å². The van der Waals surface area contributed by atoms with Gasteiger partial charge in [-0.2, -0.15) is 0 Å². The van der Waals surface area contributed by atoms with Gasteiger partial charge in [0.2, 0.25) is 0 Å². The fourth-order valence-corrected chi connectivity index (χ4v) is 2.84. The number of nitrogens with one attached hydrogen (secondary N) is 2. The van der Waals surface area contributed by atoms with Gasteiger partial charge in [0.1, 0.15) is 5.75 Å². The van der Waals surface area contributed by atoms with Gasteiger partial charge in [-0.05, 0) is 32.3 Å². The zero-order valence-electron chi connectivity index (χ0n) is 16.1. The molecule has 1 aliphatic rings. The molecule has 1 aromatic rings. The summed E-state index contributed by atoms with van der Waals surface area (Å²) in [6.45, 7) is 10.0. The summed E-state index contributed by atoms with van der Waals surface area (Å²) in [5.41, 5.74) is 1.74. The highest BCUT2D eigenvalue weighted by molar-refractivity contribution is 5.95. The summed E-state index contributed by atoms with van der Waals surface area (Å²) in [6.07, 6.45) is 0.607. The Labute approximate surface area is 154 Å². The van der Waals surface area contributed by atoms with Crippen LogP contribution in [0.5, 0.6) is 5.75 Å². The van der Waals surface area contributed by atoms with Crippen LogP contribution in [0.1, 0.15) is 52.6 Å². The van der Waals surface area contributed by atoms with Gasteiger partial charge in [-0.25, -0.2) is 9.59 Å². The van der Waals surface area contributed by atoms with Crippen LogP contribution in [0.2, 0.25) is 0 Å². The van der Waals surface area contributed by atoms with Crippen LogP contribution in [0, 0.1) is 5.92 Å². The fourth-order valence-electron chi connectivity index (χ4n) is 2.84. The lowest BCUT2D eigenvalue weighted by atomic mass is 9.91. The van der Waals surface area contributed by atoms with Crippen molar-refractivity contribution in [1.82, 2.24) is 10.6 Å². The van der Waals surface area contributed by atoms with E-state index in [1.165, 1.54) is 0 Å². The van der Waals surface area contributed by atoms with E-state index in [0.717, 1.165) is 12.0 Å². The number of para-hydroxylation sites is 1. The average molecular weight is 360 g/mol. The molecule has 0 aliphatic carbocycles. The molecule has 2 N–H and O–H groups in total. The maximum absolute atomic E-state index is 12.8. The van der Waals surface area contributed by atoms with Crippen LogP contribution in [0.15, 0.2) is 35.5 Å². The van der Waals surface area contributed by atoms with Crippen molar-refractivity contribution in [3.63, 3.8) is 0 Å². The van der Waals surface area contributed by atoms with Gasteiger partial charge in [0, 0.05) is 11.3 Å². The highest BCUT2D eigenvalue weighted by Crippen LogP contribution is 2.35. The molecular weight excluding hydrogens is 332 g/mol. The Morgan fingerprint density at radius 2 is 1.88 bits per heavy atom. The summed E-state index contributed by atoms with van der Waals surface area (Å²) < 4.78 is 11.3. The largest absolute Gasteiger partial charge is 0.493 e. The lowest BCUT2D eigenvalue weighted by Crippen LogP contribution is -2.47. The van der Waals surface area contributed by atoms with Crippen LogP contribution in [-0.2, 0) is 9.53 Å². The van der Waals surface area contributed by atoms with Crippen LogP contribution < -0.4 is 15.4 Å².